The Labute approximate surface area is 93.9 Å². The van der Waals surface area contributed by atoms with Gasteiger partial charge in [-0.25, -0.2) is 0 Å². The Morgan fingerprint density at radius 1 is 1.25 bits per heavy atom. The van der Waals surface area contributed by atoms with Gasteiger partial charge in [-0.2, -0.15) is 0 Å². The lowest BCUT2D eigenvalue weighted by molar-refractivity contribution is 0.494. The predicted octanol–water partition coefficient (Wildman–Crippen LogP) is 1.28. The van der Waals surface area contributed by atoms with Gasteiger partial charge in [0.25, 0.3) is 0 Å². The maximum atomic E-state index is 5.54. The fourth-order valence-corrected chi connectivity index (χ4v) is 1.38. The molecule has 5 nitrogen and oxygen atoms in total. The minimum atomic E-state index is 0.557. The molecule has 0 unspecified atom stereocenters. The molecule has 2 aromatic rings. The number of nitrogens with one attached hydrogen (secondary N) is 1. The zero-order chi connectivity index (χ0) is 11.2. The van der Waals surface area contributed by atoms with Gasteiger partial charge in [-0.05, 0) is 32.1 Å². The van der Waals surface area contributed by atoms with Crippen molar-refractivity contribution in [2.45, 2.75) is 12.8 Å². The van der Waals surface area contributed by atoms with Crippen molar-refractivity contribution < 1.29 is 4.42 Å². The molecule has 84 valence electrons. The number of rotatable bonds is 5. The smallest absolute Gasteiger partial charge is 0.247 e. The first kappa shape index (κ1) is 10.8. The molecule has 16 heavy (non-hydrogen) atoms. The van der Waals surface area contributed by atoms with Crippen LogP contribution in [0.1, 0.15) is 12.3 Å². The van der Waals surface area contributed by atoms with Gasteiger partial charge in [-0.1, -0.05) is 0 Å². The minimum Gasteiger partial charge on any atom is -0.421 e. The van der Waals surface area contributed by atoms with Crippen molar-refractivity contribution in [1.29, 1.82) is 0 Å². The Morgan fingerprint density at radius 3 is 2.81 bits per heavy atom. The zero-order valence-corrected chi connectivity index (χ0v) is 9.18. The van der Waals surface area contributed by atoms with Gasteiger partial charge in [0, 0.05) is 24.4 Å². The van der Waals surface area contributed by atoms with E-state index in [1.807, 2.05) is 19.2 Å². The first-order valence-electron chi connectivity index (χ1n) is 5.27. The molecule has 2 rings (SSSR count). The highest BCUT2D eigenvalue weighted by Crippen LogP contribution is 2.16. The minimum absolute atomic E-state index is 0.557. The van der Waals surface area contributed by atoms with Crippen LogP contribution in [0.3, 0.4) is 0 Å². The van der Waals surface area contributed by atoms with Crippen molar-refractivity contribution in [2.24, 2.45) is 0 Å². The quantitative estimate of drug-likeness (QED) is 0.766. The van der Waals surface area contributed by atoms with E-state index in [1.165, 1.54) is 0 Å². The van der Waals surface area contributed by atoms with Crippen LogP contribution in [0.5, 0.6) is 0 Å². The molecule has 0 aliphatic heterocycles. The van der Waals surface area contributed by atoms with Gasteiger partial charge >= 0.3 is 0 Å². The van der Waals surface area contributed by atoms with Crippen LogP contribution in [0.4, 0.5) is 0 Å². The zero-order valence-electron chi connectivity index (χ0n) is 9.18. The monoisotopic (exact) mass is 218 g/mol. The number of aryl methyl sites for hydroxylation is 1. The molecule has 0 radical (unpaired) electrons. The summed E-state index contributed by atoms with van der Waals surface area (Å²) in [6, 6.07) is 3.70. The molecule has 2 aromatic heterocycles. The molecule has 0 aromatic carbocycles. The number of hydrogen-bond acceptors (Lipinski definition) is 5. The van der Waals surface area contributed by atoms with Crippen molar-refractivity contribution in [3.8, 4) is 11.5 Å². The van der Waals surface area contributed by atoms with Crippen molar-refractivity contribution >= 4 is 0 Å². The van der Waals surface area contributed by atoms with Crippen LogP contribution in [-0.2, 0) is 6.42 Å². The summed E-state index contributed by atoms with van der Waals surface area (Å²) in [6.45, 7) is 0.951. The molecule has 0 atom stereocenters. The second-order valence-electron chi connectivity index (χ2n) is 3.44. The van der Waals surface area contributed by atoms with E-state index in [0.29, 0.717) is 11.8 Å². The van der Waals surface area contributed by atoms with Crippen LogP contribution in [0, 0.1) is 0 Å². The van der Waals surface area contributed by atoms with E-state index in [0.717, 1.165) is 24.9 Å². The third-order valence-electron chi connectivity index (χ3n) is 2.21. The fraction of sp³-hybridized carbons (Fsp3) is 0.364. The molecular weight excluding hydrogens is 204 g/mol. The van der Waals surface area contributed by atoms with Gasteiger partial charge in [-0.3, -0.25) is 4.98 Å². The van der Waals surface area contributed by atoms with Gasteiger partial charge < -0.3 is 9.73 Å². The Hall–Kier alpha value is -1.75. The standard InChI is InChI=1S/C11H14N4O/c1-12-6-2-3-10-14-15-11(16-10)9-4-7-13-8-5-9/h4-5,7-8,12H,2-3,6H2,1H3. The summed E-state index contributed by atoms with van der Waals surface area (Å²) in [7, 11) is 1.93. The molecule has 0 saturated carbocycles. The fourth-order valence-electron chi connectivity index (χ4n) is 1.38. The second-order valence-corrected chi connectivity index (χ2v) is 3.44. The lowest BCUT2D eigenvalue weighted by atomic mass is 10.3. The van der Waals surface area contributed by atoms with Crippen LogP contribution >= 0.6 is 0 Å². The Kier molecular flexibility index (Phi) is 3.61. The molecule has 2 heterocycles. The van der Waals surface area contributed by atoms with Crippen LogP contribution in [0.2, 0.25) is 0 Å². The van der Waals surface area contributed by atoms with Crippen molar-refractivity contribution in [2.75, 3.05) is 13.6 Å². The average Bonchev–Trinajstić information content (AvgIpc) is 2.79. The third kappa shape index (κ3) is 2.64. The summed E-state index contributed by atoms with van der Waals surface area (Å²) in [5.74, 6) is 1.24. The van der Waals surface area contributed by atoms with Gasteiger partial charge in [0.2, 0.25) is 11.8 Å². The lowest BCUT2D eigenvalue weighted by Gasteiger charge is -1.94. The molecular formula is C11H14N4O. The van der Waals surface area contributed by atoms with E-state index >= 15 is 0 Å². The van der Waals surface area contributed by atoms with E-state index in [-0.39, 0.29) is 0 Å². The average molecular weight is 218 g/mol. The lowest BCUT2D eigenvalue weighted by Crippen LogP contribution is -2.08. The van der Waals surface area contributed by atoms with Crippen molar-refractivity contribution in [1.82, 2.24) is 20.5 Å². The molecule has 0 aliphatic rings. The molecule has 1 N–H and O–H groups in total. The summed E-state index contributed by atoms with van der Waals surface area (Å²) >= 11 is 0. The molecule has 0 saturated heterocycles. The van der Waals surface area contributed by atoms with Crippen LogP contribution < -0.4 is 5.32 Å². The highest BCUT2D eigenvalue weighted by molar-refractivity contribution is 5.50. The largest absolute Gasteiger partial charge is 0.421 e. The normalized spacial score (nSPS) is 10.6. The molecule has 0 fully saturated rings. The molecule has 5 heteroatoms. The maximum absolute atomic E-state index is 5.54. The summed E-state index contributed by atoms with van der Waals surface area (Å²) in [5.41, 5.74) is 0.905. The van der Waals surface area contributed by atoms with Crippen molar-refractivity contribution in [3.63, 3.8) is 0 Å². The van der Waals surface area contributed by atoms with E-state index < -0.39 is 0 Å². The number of pyridine rings is 1. The van der Waals surface area contributed by atoms with Gasteiger partial charge in [0.05, 0.1) is 0 Å². The molecule has 0 bridgehead atoms. The third-order valence-corrected chi connectivity index (χ3v) is 2.21. The van der Waals surface area contributed by atoms with Gasteiger partial charge in [0.1, 0.15) is 0 Å². The topological polar surface area (TPSA) is 63.8 Å². The summed E-state index contributed by atoms with van der Waals surface area (Å²) in [4.78, 5) is 3.94. The number of nitrogens with zero attached hydrogens (tertiary/aromatic N) is 3. The molecule has 0 spiro atoms. The van der Waals surface area contributed by atoms with Crippen LogP contribution in [0.15, 0.2) is 28.9 Å². The Bertz CT molecular complexity index is 427. The van der Waals surface area contributed by atoms with E-state index in [9.17, 15) is 0 Å². The molecule has 0 amide bonds. The van der Waals surface area contributed by atoms with Gasteiger partial charge in [0.15, 0.2) is 0 Å². The van der Waals surface area contributed by atoms with Crippen LogP contribution in [-0.4, -0.2) is 28.8 Å². The summed E-state index contributed by atoms with van der Waals surface area (Å²) in [6.07, 6.45) is 5.22. The maximum Gasteiger partial charge on any atom is 0.247 e. The summed E-state index contributed by atoms with van der Waals surface area (Å²) in [5, 5.41) is 11.1. The van der Waals surface area contributed by atoms with E-state index in [4.69, 9.17) is 4.42 Å². The second kappa shape index (κ2) is 5.37. The number of aromatic nitrogens is 3. The Morgan fingerprint density at radius 2 is 2.06 bits per heavy atom. The highest BCUT2D eigenvalue weighted by Gasteiger charge is 2.07. The Balaban J connectivity index is 2.02. The summed E-state index contributed by atoms with van der Waals surface area (Å²) < 4.78 is 5.54. The predicted molar refractivity (Wildman–Crippen MR) is 59.8 cm³/mol. The first-order valence-corrected chi connectivity index (χ1v) is 5.27. The van der Waals surface area contributed by atoms with Crippen molar-refractivity contribution in [3.05, 3.63) is 30.4 Å². The van der Waals surface area contributed by atoms with E-state index in [2.05, 4.69) is 20.5 Å². The van der Waals surface area contributed by atoms with Gasteiger partial charge in [-0.15, -0.1) is 10.2 Å². The number of hydrogen-bond donors (Lipinski definition) is 1. The molecule has 0 aliphatic carbocycles. The SMILES string of the molecule is CNCCCc1nnc(-c2ccncc2)o1. The highest BCUT2D eigenvalue weighted by atomic mass is 16.4. The van der Waals surface area contributed by atoms with E-state index in [1.54, 1.807) is 12.4 Å². The van der Waals surface area contributed by atoms with Crippen LogP contribution in [0.25, 0.3) is 11.5 Å². The first-order chi connectivity index (χ1) is 7.90.